The lowest BCUT2D eigenvalue weighted by molar-refractivity contribution is 0.348. The molecule has 0 aromatic heterocycles. The minimum absolute atomic E-state index is 0.352. The molecule has 0 aromatic rings. The molecule has 2 unspecified atom stereocenters. The van der Waals surface area contributed by atoms with E-state index >= 15 is 0 Å². The van der Waals surface area contributed by atoms with Crippen molar-refractivity contribution in [2.45, 2.75) is 33.2 Å². The second-order valence-corrected chi connectivity index (χ2v) is 3.90. The maximum Gasteiger partial charge on any atom is 0.227 e. The predicted octanol–water partition coefficient (Wildman–Crippen LogP) is 2.34. The van der Waals surface area contributed by atoms with Crippen LogP contribution >= 0.6 is 0 Å². The molecule has 0 amide bonds. The summed E-state index contributed by atoms with van der Waals surface area (Å²) in [5.74, 6) is 0.676. The van der Waals surface area contributed by atoms with Gasteiger partial charge < -0.3 is 4.85 Å². The Hall–Kier alpha value is -0.510. The van der Waals surface area contributed by atoms with E-state index in [1.54, 1.807) is 0 Å². The summed E-state index contributed by atoms with van der Waals surface area (Å²) in [4.78, 5) is 3.50. The average molecular weight is 123 g/mol. The summed E-state index contributed by atoms with van der Waals surface area (Å²) in [6, 6.07) is 0.352. The summed E-state index contributed by atoms with van der Waals surface area (Å²) in [6.07, 6.45) is 1.13. The molecule has 1 rings (SSSR count). The van der Waals surface area contributed by atoms with Gasteiger partial charge in [-0.05, 0) is 5.41 Å². The fourth-order valence-corrected chi connectivity index (χ4v) is 1.25. The standard InChI is InChI=1S/C8H13N/c1-8(2,3)6-5-7(6)9-4/h6-7H,5H2,1-3H3. The molecule has 1 aliphatic rings. The van der Waals surface area contributed by atoms with E-state index in [1.165, 1.54) is 0 Å². The van der Waals surface area contributed by atoms with Gasteiger partial charge in [-0.1, -0.05) is 20.8 Å². The first-order chi connectivity index (χ1) is 4.05. The first kappa shape index (κ1) is 6.61. The normalized spacial score (nSPS) is 33.6. The van der Waals surface area contributed by atoms with Gasteiger partial charge in [0, 0.05) is 12.3 Å². The first-order valence-electron chi connectivity index (χ1n) is 3.42. The number of rotatable bonds is 0. The smallest absolute Gasteiger partial charge is 0.227 e. The molecule has 1 aliphatic carbocycles. The van der Waals surface area contributed by atoms with Crippen LogP contribution in [0.2, 0.25) is 0 Å². The third-order valence-electron chi connectivity index (χ3n) is 2.03. The van der Waals surface area contributed by atoms with E-state index in [0.717, 1.165) is 6.42 Å². The quantitative estimate of drug-likeness (QED) is 0.435. The highest BCUT2D eigenvalue weighted by Crippen LogP contribution is 2.47. The SMILES string of the molecule is [C-]#[N+]C1CC1C(C)(C)C. The van der Waals surface area contributed by atoms with Gasteiger partial charge in [0.2, 0.25) is 6.04 Å². The van der Waals surface area contributed by atoms with Gasteiger partial charge in [-0.25, -0.2) is 6.57 Å². The predicted molar refractivity (Wildman–Crippen MR) is 38.0 cm³/mol. The van der Waals surface area contributed by atoms with E-state index in [1.807, 2.05) is 0 Å². The second-order valence-electron chi connectivity index (χ2n) is 3.90. The summed E-state index contributed by atoms with van der Waals surface area (Å²) in [5.41, 5.74) is 0.370. The molecule has 1 nitrogen and oxygen atoms in total. The fraction of sp³-hybridized carbons (Fsp3) is 0.875. The minimum atomic E-state index is 0.352. The van der Waals surface area contributed by atoms with Crippen LogP contribution in [0.5, 0.6) is 0 Å². The van der Waals surface area contributed by atoms with Gasteiger partial charge in [0.1, 0.15) is 0 Å². The molecule has 0 N–H and O–H groups in total. The van der Waals surface area contributed by atoms with Crippen molar-refractivity contribution in [1.82, 2.24) is 0 Å². The van der Waals surface area contributed by atoms with Crippen LogP contribution in [0.15, 0.2) is 0 Å². The van der Waals surface area contributed by atoms with Gasteiger partial charge in [-0.2, -0.15) is 0 Å². The minimum Gasteiger partial charge on any atom is -0.313 e. The largest absolute Gasteiger partial charge is 0.313 e. The monoisotopic (exact) mass is 123 g/mol. The zero-order chi connectivity index (χ0) is 7.07. The van der Waals surface area contributed by atoms with Gasteiger partial charge in [0.05, 0.1) is 0 Å². The lowest BCUT2D eigenvalue weighted by atomic mass is 9.90. The molecule has 50 valence electrons. The molecule has 0 spiro atoms. The summed E-state index contributed by atoms with van der Waals surface area (Å²) in [7, 11) is 0. The summed E-state index contributed by atoms with van der Waals surface area (Å²) in [5, 5.41) is 0. The van der Waals surface area contributed by atoms with Crippen LogP contribution in [-0.2, 0) is 0 Å². The van der Waals surface area contributed by atoms with Crippen molar-refractivity contribution < 1.29 is 0 Å². The summed E-state index contributed by atoms with van der Waals surface area (Å²) >= 11 is 0. The maximum atomic E-state index is 6.76. The molecule has 1 saturated carbocycles. The molecule has 9 heavy (non-hydrogen) atoms. The lowest BCUT2D eigenvalue weighted by Crippen LogP contribution is -2.09. The third-order valence-corrected chi connectivity index (χ3v) is 2.03. The highest BCUT2D eigenvalue weighted by molar-refractivity contribution is 5.06. The van der Waals surface area contributed by atoms with E-state index in [9.17, 15) is 0 Å². The second kappa shape index (κ2) is 1.73. The fourth-order valence-electron chi connectivity index (χ4n) is 1.25. The zero-order valence-corrected chi connectivity index (χ0v) is 6.31. The Balaban J connectivity index is 2.45. The Morgan fingerprint density at radius 1 is 1.44 bits per heavy atom. The van der Waals surface area contributed by atoms with Gasteiger partial charge >= 0.3 is 0 Å². The van der Waals surface area contributed by atoms with Crippen LogP contribution < -0.4 is 0 Å². The van der Waals surface area contributed by atoms with E-state index in [-0.39, 0.29) is 0 Å². The Labute approximate surface area is 56.9 Å². The first-order valence-corrected chi connectivity index (χ1v) is 3.42. The molecule has 0 bridgehead atoms. The highest BCUT2D eigenvalue weighted by Gasteiger charge is 2.51. The van der Waals surface area contributed by atoms with E-state index in [2.05, 4.69) is 25.6 Å². The van der Waals surface area contributed by atoms with Crippen LogP contribution in [0.3, 0.4) is 0 Å². The van der Waals surface area contributed by atoms with Crippen molar-refractivity contribution in [2.24, 2.45) is 11.3 Å². The number of hydrogen-bond donors (Lipinski definition) is 0. The molecule has 2 atom stereocenters. The highest BCUT2D eigenvalue weighted by atomic mass is 14.8. The molecular weight excluding hydrogens is 110 g/mol. The Bertz CT molecular complexity index is 147. The van der Waals surface area contributed by atoms with Gasteiger partial charge in [0.15, 0.2) is 0 Å². The Morgan fingerprint density at radius 2 is 2.00 bits per heavy atom. The Kier molecular flexibility index (Phi) is 1.27. The van der Waals surface area contributed by atoms with E-state index in [0.29, 0.717) is 17.4 Å². The van der Waals surface area contributed by atoms with Crippen molar-refractivity contribution in [3.05, 3.63) is 11.4 Å². The molecule has 0 heterocycles. The average Bonchev–Trinajstić information content (AvgIpc) is 2.39. The van der Waals surface area contributed by atoms with Crippen LogP contribution in [0, 0.1) is 17.9 Å². The van der Waals surface area contributed by atoms with Gasteiger partial charge in [-0.3, -0.25) is 0 Å². The van der Waals surface area contributed by atoms with Crippen LogP contribution in [0.1, 0.15) is 27.2 Å². The van der Waals surface area contributed by atoms with Crippen LogP contribution in [0.25, 0.3) is 4.85 Å². The van der Waals surface area contributed by atoms with Gasteiger partial charge in [0.25, 0.3) is 0 Å². The lowest BCUT2D eigenvalue weighted by Gasteiger charge is -2.14. The topological polar surface area (TPSA) is 4.36 Å². The summed E-state index contributed by atoms with van der Waals surface area (Å²) in [6.45, 7) is 13.4. The van der Waals surface area contributed by atoms with Gasteiger partial charge in [-0.15, -0.1) is 0 Å². The third kappa shape index (κ3) is 1.24. The maximum absolute atomic E-state index is 6.76. The van der Waals surface area contributed by atoms with E-state index in [4.69, 9.17) is 6.57 Å². The molecule has 0 saturated heterocycles. The zero-order valence-electron chi connectivity index (χ0n) is 6.31. The number of hydrogen-bond acceptors (Lipinski definition) is 0. The number of nitrogens with zero attached hydrogens (tertiary/aromatic N) is 1. The molecule has 0 radical (unpaired) electrons. The summed E-state index contributed by atoms with van der Waals surface area (Å²) < 4.78 is 0. The van der Waals surface area contributed by atoms with Crippen molar-refractivity contribution in [3.63, 3.8) is 0 Å². The van der Waals surface area contributed by atoms with E-state index < -0.39 is 0 Å². The Morgan fingerprint density at radius 3 is 2.11 bits per heavy atom. The molecule has 0 aliphatic heterocycles. The van der Waals surface area contributed by atoms with Crippen molar-refractivity contribution in [1.29, 1.82) is 0 Å². The van der Waals surface area contributed by atoms with Crippen LogP contribution in [0.4, 0.5) is 0 Å². The van der Waals surface area contributed by atoms with Crippen molar-refractivity contribution in [2.75, 3.05) is 0 Å². The van der Waals surface area contributed by atoms with Crippen LogP contribution in [-0.4, -0.2) is 6.04 Å². The molecule has 0 aromatic carbocycles. The molecular formula is C8H13N. The van der Waals surface area contributed by atoms with Crippen molar-refractivity contribution in [3.8, 4) is 0 Å². The molecule has 1 fully saturated rings. The molecule has 1 heteroatoms. The van der Waals surface area contributed by atoms with Crippen molar-refractivity contribution >= 4 is 0 Å².